The lowest BCUT2D eigenvalue weighted by atomic mass is 9.94. The highest BCUT2D eigenvalue weighted by Gasteiger charge is 2.29. The second-order valence-electron chi connectivity index (χ2n) is 14.4. The number of thiophene rings is 1. The van der Waals surface area contributed by atoms with Crippen LogP contribution in [0.25, 0.3) is 21.6 Å². The number of carbonyl (C=O) groups is 1. The Morgan fingerprint density at radius 1 is 0.745 bits per heavy atom. The van der Waals surface area contributed by atoms with E-state index in [9.17, 15) is 13.2 Å². The molecule has 266 valence electrons. The average Bonchev–Trinajstić information content (AvgIpc) is 3.67. The normalized spacial score (nSPS) is 14.0. The van der Waals surface area contributed by atoms with Gasteiger partial charge in [-0.2, -0.15) is 4.31 Å². The molecule has 0 radical (unpaired) electrons. The average molecular weight is 722 g/mol. The van der Waals surface area contributed by atoms with Crippen LogP contribution in [0.5, 0.6) is 0 Å². The van der Waals surface area contributed by atoms with E-state index in [4.69, 9.17) is 4.74 Å². The zero-order valence-electron chi connectivity index (χ0n) is 29.7. The van der Waals surface area contributed by atoms with E-state index in [-0.39, 0.29) is 31.0 Å². The van der Waals surface area contributed by atoms with Gasteiger partial charge in [-0.15, -0.1) is 11.3 Å². The van der Waals surface area contributed by atoms with E-state index in [1.54, 1.807) is 28.0 Å². The number of amides is 1. The van der Waals surface area contributed by atoms with Crippen molar-refractivity contribution in [1.82, 2.24) is 14.2 Å². The van der Waals surface area contributed by atoms with Crippen molar-refractivity contribution in [1.29, 1.82) is 0 Å². The molecule has 2 heterocycles. The summed E-state index contributed by atoms with van der Waals surface area (Å²) in [6, 6.07) is 32.2. The number of benzene rings is 3. The first kappa shape index (κ1) is 36.5. The van der Waals surface area contributed by atoms with Gasteiger partial charge in [-0.1, -0.05) is 104 Å². The summed E-state index contributed by atoms with van der Waals surface area (Å²) in [6.45, 7) is 6.72. The fourth-order valence-electron chi connectivity index (χ4n) is 6.52. The molecule has 0 atom stereocenters. The Hall–Kier alpha value is -4.31. The van der Waals surface area contributed by atoms with Crippen LogP contribution in [0.2, 0.25) is 0 Å². The summed E-state index contributed by atoms with van der Waals surface area (Å²) in [5.41, 5.74) is 6.16. The summed E-state index contributed by atoms with van der Waals surface area (Å²) in [5.74, 6) is -0.0888. The van der Waals surface area contributed by atoms with Gasteiger partial charge in [-0.3, -0.25) is 4.98 Å². The monoisotopic (exact) mass is 721 g/mol. The molecule has 0 bridgehead atoms. The van der Waals surface area contributed by atoms with Crippen LogP contribution >= 0.6 is 11.3 Å². The fraction of sp³-hybridized carbons (Fsp3) is 0.333. The summed E-state index contributed by atoms with van der Waals surface area (Å²) in [6.07, 6.45) is 8.66. The summed E-state index contributed by atoms with van der Waals surface area (Å²) < 4.78 is 35.2. The summed E-state index contributed by atoms with van der Waals surface area (Å²) in [7, 11) is -3.67. The molecule has 51 heavy (non-hydrogen) atoms. The van der Waals surface area contributed by atoms with Crippen molar-refractivity contribution in [2.75, 3.05) is 0 Å². The molecule has 3 aromatic carbocycles. The van der Waals surface area contributed by atoms with Crippen LogP contribution in [-0.2, 0) is 40.1 Å². The molecule has 0 spiro atoms. The number of aromatic nitrogens is 1. The number of sulfonamides is 1. The van der Waals surface area contributed by atoms with Gasteiger partial charge in [-0.05, 0) is 90.1 Å². The number of hydrogen-bond donors (Lipinski definition) is 0. The molecule has 1 amide bonds. The van der Waals surface area contributed by atoms with Gasteiger partial charge in [-0.25, -0.2) is 13.2 Å². The van der Waals surface area contributed by atoms with E-state index in [1.807, 2.05) is 97.8 Å². The SMILES string of the molecule is CC(C)(C)OC(=O)N(Cc1ccc(-c2ccc(CN(Cc3cccnc3)S(=O)(=O)Cc3ccc(-c4cccs4)cc3)cc2)cc1)C1CCCCC1. The Bertz CT molecular complexity index is 1950. The highest BCUT2D eigenvalue weighted by Crippen LogP contribution is 2.29. The molecular weight excluding hydrogens is 675 g/mol. The van der Waals surface area contributed by atoms with Crippen molar-refractivity contribution in [3.63, 3.8) is 0 Å². The largest absolute Gasteiger partial charge is 0.444 e. The van der Waals surface area contributed by atoms with Crippen LogP contribution < -0.4 is 0 Å². The molecular formula is C42H47N3O4S2. The lowest BCUT2D eigenvalue weighted by molar-refractivity contribution is 0.00988. The van der Waals surface area contributed by atoms with Crippen LogP contribution in [0.15, 0.2) is 115 Å². The van der Waals surface area contributed by atoms with E-state index in [0.717, 1.165) is 69.5 Å². The second kappa shape index (κ2) is 16.4. The van der Waals surface area contributed by atoms with Crippen molar-refractivity contribution >= 4 is 27.5 Å². The topological polar surface area (TPSA) is 79.8 Å². The maximum absolute atomic E-state index is 13.9. The molecule has 1 saturated carbocycles. The molecule has 1 aliphatic rings. The Morgan fingerprint density at radius 3 is 1.90 bits per heavy atom. The molecule has 2 aromatic heterocycles. The first-order chi connectivity index (χ1) is 24.5. The molecule has 6 rings (SSSR count). The fourth-order valence-corrected chi connectivity index (χ4v) is 8.74. The molecule has 0 aliphatic heterocycles. The quantitative estimate of drug-likeness (QED) is 0.128. The minimum atomic E-state index is -3.67. The van der Waals surface area contributed by atoms with Gasteiger partial charge in [0.2, 0.25) is 10.0 Å². The number of carbonyl (C=O) groups excluding carboxylic acids is 1. The van der Waals surface area contributed by atoms with Crippen molar-refractivity contribution in [2.24, 2.45) is 0 Å². The number of hydrogen-bond acceptors (Lipinski definition) is 6. The molecule has 0 unspecified atom stereocenters. The third-order valence-corrected chi connectivity index (χ3v) is 11.8. The van der Waals surface area contributed by atoms with E-state index < -0.39 is 15.6 Å². The predicted molar refractivity (Wildman–Crippen MR) is 206 cm³/mol. The Balaban J connectivity index is 1.15. The molecule has 5 aromatic rings. The smallest absolute Gasteiger partial charge is 0.410 e. The van der Waals surface area contributed by atoms with Crippen molar-refractivity contribution in [3.05, 3.63) is 137 Å². The van der Waals surface area contributed by atoms with Crippen molar-refractivity contribution < 1.29 is 17.9 Å². The number of rotatable bonds is 12. The number of ether oxygens (including phenoxy) is 1. The van der Waals surface area contributed by atoms with Crippen LogP contribution in [0.4, 0.5) is 4.79 Å². The highest BCUT2D eigenvalue weighted by molar-refractivity contribution is 7.88. The maximum atomic E-state index is 13.9. The lowest BCUT2D eigenvalue weighted by Gasteiger charge is -2.35. The van der Waals surface area contributed by atoms with Crippen LogP contribution in [0.1, 0.15) is 75.1 Å². The van der Waals surface area contributed by atoms with E-state index >= 15 is 0 Å². The minimum absolute atomic E-state index is 0.0888. The second-order valence-corrected chi connectivity index (χ2v) is 17.3. The third kappa shape index (κ3) is 10.2. The zero-order chi connectivity index (χ0) is 35.8. The lowest BCUT2D eigenvalue weighted by Crippen LogP contribution is -2.43. The van der Waals surface area contributed by atoms with Gasteiger partial charge >= 0.3 is 6.09 Å². The third-order valence-electron chi connectivity index (χ3n) is 9.18. The van der Waals surface area contributed by atoms with Gasteiger partial charge in [0.05, 0.1) is 5.75 Å². The van der Waals surface area contributed by atoms with Gasteiger partial charge in [0.1, 0.15) is 5.60 Å². The molecule has 7 nitrogen and oxygen atoms in total. The Labute approximate surface area is 307 Å². The molecule has 9 heteroatoms. The van der Waals surface area contributed by atoms with E-state index in [1.165, 1.54) is 6.42 Å². The zero-order valence-corrected chi connectivity index (χ0v) is 31.3. The van der Waals surface area contributed by atoms with E-state index in [2.05, 4.69) is 35.3 Å². The minimum Gasteiger partial charge on any atom is -0.444 e. The van der Waals surface area contributed by atoms with Crippen molar-refractivity contribution in [2.45, 2.75) is 89.9 Å². The molecule has 0 saturated heterocycles. The first-order valence-corrected chi connectivity index (χ1v) is 20.2. The molecule has 1 aliphatic carbocycles. The number of nitrogens with zero attached hydrogens (tertiary/aromatic N) is 3. The van der Waals surface area contributed by atoms with Crippen molar-refractivity contribution in [3.8, 4) is 21.6 Å². The first-order valence-electron chi connectivity index (χ1n) is 17.7. The maximum Gasteiger partial charge on any atom is 0.410 e. The Morgan fingerprint density at radius 2 is 1.33 bits per heavy atom. The highest BCUT2D eigenvalue weighted by atomic mass is 32.2. The summed E-state index contributed by atoms with van der Waals surface area (Å²) in [4.78, 5) is 20.5. The van der Waals surface area contributed by atoms with Gasteiger partial charge < -0.3 is 9.64 Å². The van der Waals surface area contributed by atoms with Gasteiger partial charge in [0, 0.05) is 42.9 Å². The Kier molecular flexibility index (Phi) is 11.7. The van der Waals surface area contributed by atoms with Crippen LogP contribution in [0.3, 0.4) is 0 Å². The van der Waals surface area contributed by atoms with Crippen LogP contribution in [-0.4, -0.2) is 40.3 Å². The predicted octanol–water partition coefficient (Wildman–Crippen LogP) is 10.1. The van der Waals surface area contributed by atoms with E-state index in [0.29, 0.717) is 6.54 Å². The van der Waals surface area contributed by atoms with Crippen LogP contribution in [0, 0.1) is 0 Å². The summed E-state index contributed by atoms with van der Waals surface area (Å²) >= 11 is 1.66. The summed E-state index contributed by atoms with van der Waals surface area (Å²) in [5, 5.41) is 2.04. The standard InChI is InChI=1S/C42H47N3O4S2/c1-42(2,3)49-41(46)45(39-10-5-4-6-11-39)30-33-15-21-37(22-16-33)36-19-13-32(14-20-36)28-44(29-35-9-7-25-43-27-35)51(47,48)31-34-17-23-38(24-18-34)40-12-8-26-50-40/h7-9,12-27,39H,4-6,10-11,28-31H2,1-3H3. The number of pyridine rings is 1. The molecule has 0 N–H and O–H groups in total. The van der Waals surface area contributed by atoms with Gasteiger partial charge in [0.15, 0.2) is 0 Å². The molecule has 1 fully saturated rings. The van der Waals surface area contributed by atoms with Gasteiger partial charge in [0.25, 0.3) is 0 Å².